The van der Waals surface area contributed by atoms with Gasteiger partial charge in [-0.1, -0.05) is 6.07 Å². The van der Waals surface area contributed by atoms with Crippen molar-refractivity contribution in [2.45, 2.75) is 31.9 Å². The van der Waals surface area contributed by atoms with Crippen LogP contribution in [0.2, 0.25) is 0 Å². The normalized spacial score (nSPS) is 19.3. The lowest BCUT2D eigenvalue weighted by Gasteiger charge is -2.22. The Labute approximate surface area is 112 Å². The molecule has 1 heterocycles. The molecule has 2 rings (SSSR count). The first-order chi connectivity index (χ1) is 9.16. The van der Waals surface area contributed by atoms with Crippen LogP contribution in [0.4, 0.5) is 4.39 Å². The SMILES string of the molecule is NC(=O)c1ccc(CNCC2CCCCO2)c(F)c1. The molecule has 0 bridgehead atoms. The van der Waals surface area contributed by atoms with E-state index in [-0.39, 0.29) is 11.7 Å². The number of primary amides is 1. The molecule has 1 atom stereocenters. The van der Waals surface area contributed by atoms with E-state index in [2.05, 4.69) is 5.32 Å². The van der Waals surface area contributed by atoms with Gasteiger partial charge < -0.3 is 15.8 Å². The van der Waals surface area contributed by atoms with E-state index >= 15 is 0 Å². The van der Waals surface area contributed by atoms with Gasteiger partial charge in [0.15, 0.2) is 0 Å². The highest BCUT2D eigenvalue weighted by molar-refractivity contribution is 5.92. The second-order valence-corrected chi connectivity index (χ2v) is 4.79. The van der Waals surface area contributed by atoms with E-state index in [0.717, 1.165) is 26.0 Å². The number of carbonyl (C=O) groups is 1. The smallest absolute Gasteiger partial charge is 0.248 e. The topological polar surface area (TPSA) is 64.4 Å². The molecule has 0 radical (unpaired) electrons. The van der Waals surface area contributed by atoms with Crippen LogP contribution in [0.1, 0.15) is 35.2 Å². The molecule has 0 aliphatic carbocycles. The predicted octanol–water partition coefficient (Wildman–Crippen LogP) is 1.58. The van der Waals surface area contributed by atoms with Crippen molar-refractivity contribution in [2.24, 2.45) is 5.73 Å². The Balaban J connectivity index is 1.83. The number of halogens is 1. The highest BCUT2D eigenvalue weighted by Crippen LogP contribution is 2.13. The highest BCUT2D eigenvalue weighted by atomic mass is 19.1. The van der Waals surface area contributed by atoms with Crippen LogP contribution in [0.5, 0.6) is 0 Å². The zero-order valence-electron chi connectivity index (χ0n) is 10.8. The van der Waals surface area contributed by atoms with Gasteiger partial charge in [0.05, 0.1) is 6.10 Å². The Bertz CT molecular complexity index is 445. The van der Waals surface area contributed by atoms with Crippen LogP contribution < -0.4 is 11.1 Å². The molecule has 104 valence electrons. The van der Waals surface area contributed by atoms with E-state index < -0.39 is 11.7 Å². The summed E-state index contributed by atoms with van der Waals surface area (Å²) in [5.74, 6) is -1.03. The largest absolute Gasteiger partial charge is 0.377 e. The van der Waals surface area contributed by atoms with E-state index in [0.29, 0.717) is 12.1 Å². The summed E-state index contributed by atoms with van der Waals surface area (Å²) >= 11 is 0. The Kier molecular flexibility index (Phi) is 4.87. The highest BCUT2D eigenvalue weighted by Gasteiger charge is 2.13. The molecule has 0 saturated carbocycles. The first-order valence-corrected chi connectivity index (χ1v) is 6.57. The molecule has 1 aromatic rings. The molecule has 1 amide bonds. The average Bonchev–Trinajstić information content (AvgIpc) is 2.41. The van der Waals surface area contributed by atoms with Gasteiger partial charge in [0, 0.05) is 30.8 Å². The summed E-state index contributed by atoms with van der Waals surface area (Å²) in [6.07, 6.45) is 3.59. The van der Waals surface area contributed by atoms with Crippen molar-refractivity contribution in [3.63, 3.8) is 0 Å². The molecule has 4 nitrogen and oxygen atoms in total. The van der Waals surface area contributed by atoms with Crippen LogP contribution in [0.25, 0.3) is 0 Å². The van der Waals surface area contributed by atoms with Gasteiger partial charge in [-0.15, -0.1) is 0 Å². The van der Waals surface area contributed by atoms with Crippen molar-refractivity contribution in [2.75, 3.05) is 13.2 Å². The van der Waals surface area contributed by atoms with E-state index in [4.69, 9.17) is 10.5 Å². The van der Waals surface area contributed by atoms with Gasteiger partial charge in [-0.3, -0.25) is 4.79 Å². The van der Waals surface area contributed by atoms with Crippen LogP contribution in [0.15, 0.2) is 18.2 Å². The summed E-state index contributed by atoms with van der Waals surface area (Å²) in [6, 6.07) is 4.31. The Hall–Kier alpha value is -1.46. The number of hydrogen-bond acceptors (Lipinski definition) is 3. The standard InChI is InChI=1S/C14H19FN2O2/c15-13-7-10(14(16)18)4-5-11(13)8-17-9-12-3-1-2-6-19-12/h4-5,7,12,17H,1-3,6,8-9H2,(H2,16,18). The lowest BCUT2D eigenvalue weighted by atomic mass is 10.1. The molecular weight excluding hydrogens is 247 g/mol. The quantitative estimate of drug-likeness (QED) is 0.850. The number of nitrogens with one attached hydrogen (secondary N) is 1. The predicted molar refractivity (Wildman–Crippen MR) is 70.2 cm³/mol. The summed E-state index contributed by atoms with van der Waals surface area (Å²) in [4.78, 5) is 10.9. The van der Waals surface area contributed by atoms with Crippen molar-refractivity contribution in [1.82, 2.24) is 5.32 Å². The lowest BCUT2D eigenvalue weighted by molar-refractivity contribution is 0.0167. The van der Waals surface area contributed by atoms with Gasteiger partial charge in [0.1, 0.15) is 5.82 Å². The zero-order valence-corrected chi connectivity index (χ0v) is 10.8. The average molecular weight is 266 g/mol. The van der Waals surface area contributed by atoms with Crippen LogP contribution in [-0.4, -0.2) is 25.2 Å². The van der Waals surface area contributed by atoms with Crippen molar-refractivity contribution >= 4 is 5.91 Å². The molecule has 1 saturated heterocycles. The monoisotopic (exact) mass is 266 g/mol. The van der Waals surface area contributed by atoms with Crippen molar-refractivity contribution in [3.8, 4) is 0 Å². The molecule has 3 N–H and O–H groups in total. The fourth-order valence-corrected chi connectivity index (χ4v) is 2.18. The van der Waals surface area contributed by atoms with Gasteiger partial charge in [0.2, 0.25) is 5.91 Å². The fraction of sp³-hybridized carbons (Fsp3) is 0.500. The van der Waals surface area contributed by atoms with E-state index in [1.54, 1.807) is 12.1 Å². The van der Waals surface area contributed by atoms with Gasteiger partial charge in [-0.25, -0.2) is 4.39 Å². The minimum absolute atomic E-state index is 0.192. The number of amides is 1. The van der Waals surface area contributed by atoms with Gasteiger partial charge in [-0.2, -0.15) is 0 Å². The van der Waals surface area contributed by atoms with Gasteiger partial charge in [0.25, 0.3) is 0 Å². The first kappa shape index (κ1) is 14.0. The van der Waals surface area contributed by atoms with Crippen LogP contribution in [0, 0.1) is 5.82 Å². The second-order valence-electron chi connectivity index (χ2n) is 4.79. The van der Waals surface area contributed by atoms with Gasteiger partial charge >= 0.3 is 0 Å². The minimum Gasteiger partial charge on any atom is -0.377 e. The Morgan fingerprint density at radius 3 is 2.95 bits per heavy atom. The number of ether oxygens (including phenoxy) is 1. The molecule has 1 aliphatic rings. The molecule has 5 heteroatoms. The first-order valence-electron chi connectivity index (χ1n) is 6.57. The Morgan fingerprint density at radius 1 is 1.47 bits per heavy atom. The lowest BCUT2D eigenvalue weighted by Crippen LogP contribution is -2.31. The van der Waals surface area contributed by atoms with Crippen molar-refractivity contribution in [1.29, 1.82) is 0 Å². The summed E-state index contributed by atoms with van der Waals surface area (Å²) in [6.45, 7) is 1.95. The molecule has 19 heavy (non-hydrogen) atoms. The maximum Gasteiger partial charge on any atom is 0.248 e. The van der Waals surface area contributed by atoms with Crippen LogP contribution in [-0.2, 0) is 11.3 Å². The third-order valence-corrected chi connectivity index (χ3v) is 3.30. The van der Waals surface area contributed by atoms with E-state index in [1.807, 2.05) is 0 Å². The van der Waals surface area contributed by atoms with Crippen molar-refractivity contribution in [3.05, 3.63) is 35.1 Å². The van der Waals surface area contributed by atoms with E-state index in [1.165, 1.54) is 12.5 Å². The van der Waals surface area contributed by atoms with Gasteiger partial charge in [-0.05, 0) is 31.4 Å². The third-order valence-electron chi connectivity index (χ3n) is 3.30. The molecule has 1 aromatic carbocycles. The summed E-state index contributed by atoms with van der Waals surface area (Å²) < 4.78 is 19.3. The maximum atomic E-state index is 13.7. The van der Waals surface area contributed by atoms with Crippen LogP contribution in [0.3, 0.4) is 0 Å². The summed E-state index contributed by atoms with van der Waals surface area (Å²) in [5.41, 5.74) is 5.81. The molecular formula is C14H19FN2O2. The molecule has 1 fully saturated rings. The summed E-state index contributed by atoms with van der Waals surface area (Å²) in [5, 5.41) is 3.18. The number of nitrogens with two attached hydrogens (primary N) is 1. The number of rotatable bonds is 5. The second kappa shape index (κ2) is 6.63. The van der Waals surface area contributed by atoms with E-state index in [9.17, 15) is 9.18 Å². The molecule has 0 aromatic heterocycles. The molecule has 1 unspecified atom stereocenters. The van der Waals surface area contributed by atoms with Crippen LogP contribution >= 0.6 is 0 Å². The fourth-order valence-electron chi connectivity index (χ4n) is 2.18. The zero-order chi connectivity index (χ0) is 13.7. The van der Waals surface area contributed by atoms with Crippen molar-refractivity contribution < 1.29 is 13.9 Å². The third kappa shape index (κ3) is 4.01. The number of benzene rings is 1. The Morgan fingerprint density at radius 2 is 2.32 bits per heavy atom. The number of carbonyl (C=O) groups excluding carboxylic acids is 1. The molecule has 0 spiro atoms. The minimum atomic E-state index is -0.617. The summed E-state index contributed by atoms with van der Waals surface area (Å²) in [7, 11) is 0. The number of hydrogen-bond donors (Lipinski definition) is 2. The maximum absolute atomic E-state index is 13.7. The molecule has 1 aliphatic heterocycles.